The van der Waals surface area contributed by atoms with Crippen LogP contribution in [0.3, 0.4) is 0 Å². The Balaban J connectivity index is 2.78. The summed E-state index contributed by atoms with van der Waals surface area (Å²) < 4.78 is 22.8. The van der Waals surface area contributed by atoms with Gasteiger partial charge in [-0.2, -0.15) is 5.26 Å². The predicted octanol–water partition coefficient (Wildman–Crippen LogP) is 0.888. The van der Waals surface area contributed by atoms with Crippen molar-refractivity contribution in [1.29, 1.82) is 5.26 Å². The van der Waals surface area contributed by atoms with Gasteiger partial charge < -0.3 is 0 Å². The molecule has 0 aliphatic carbocycles. The molecule has 0 saturated carbocycles. The van der Waals surface area contributed by atoms with E-state index in [1.165, 1.54) is 0 Å². The van der Waals surface area contributed by atoms with Crippen molar-refractivity contribution in [1.82, 2.24) is 0 Å². The Morgan fingerprint density at radius 3 is 2.85 bits per heavy atom. The number of benzene rings is 1. The third-order valence-electron chi connectivity index (χ3n) is 2.21. The van der Waals surface area contributed by atoms with Crippen LogP contribution in [0.4, 0.5) is 0 Å². The molecule has 4 heteroatoms. The zero-order valence-electron chi connectivity index (χ0n) is 6.82. The van der Waals surface area contributed by atoms with Crippen LogP contribution in [-0.4, -0.2) is 14.2 Å². The van der Waals surface area contributed by atoms with Gasteiger partial charge in [0.2, 0.25) is 0 Å². The fourth-order valence-corrected chi connectivity index (χ4v) is 3.13. The highest BCUT2D eigenvalue weighted by molar-refractivity contribution is 7.91. The first-order valence-corrected chi connectivity index (χ1v) is 5.55. The lowest BCUT2D eigenvalue weighted by molar-refractivity contribution is 0.600. The quantitative estimate of drug-likeness (QED) is 0.614. The normalized spacial score (nSPS) is 17.8. The lowest BCUT2D eigenvalue weighted by atomic mass is 10.1. The maximum absolute atomic E-state index is 11.4. The smallest absolute Gasteiger partial charge is 0.179 e. The molecule has 0 unspecified atom stereocenters. The summed E-state index contributed by atoms with van der Waals surface area (Å²) in [5.41, 5.74) is 1.17. The average molecular weight is 193 g/mol. The van der Waals surface area contributed by atoms with E-state index in [9.17, 15) is 8.42 Å². The van der Waals surface area contributed by atoms with Crippen molar-refractivity contribution in [3.63, 3.8) is 0 Å². The maximum atomic E-state index is 11.4. The van der Waals surface area contributed by atoms with Crippen molar-refractivity contribution < 1.29 is 8.42 Å². The molecule has 0 amide bonds. The molecule has 1 heterocycles. The molecular weight excluding hydrogens is 186 g/mol. The minimum atomic E-state index is -3.09. The Labute approximate surface area is 76.5 Å². The summed E-state index contributed by atoms with van der Waals surface area (Å²) in [6, 6.07) is 6.83. The molecular formula is C9H7NO2S. The van der Waals surface area contributed by atoms with Gasteiger partial charge in [-0.1, -0.05) is 6.07 Å². The second kappa shape index (κ2) is 2.57. The van der Waals surface area contributed by atoms with E-state index in [4.69, 9.17) is 5.26 Å². The maximum Gasteiger partial charge on any atom is 0.179 e. The van der Waals surface area contributed by atoms with Crippen LogP contribution in [-0.2, 0) is 16.3 Å². The van der Waals surface area contributed by atoms with Gasteiger partial charge in [-0.05, 0) is 24.1 Å². The highest BCUT2D eigenvalue weighted by atomic mass is 32.2. The first-order valence-electron chi connectivity index (χ1n) is 3.90. The van der Waals surface area contributed by atoms with Crippen molar-refractivity contribution >= 4 is 9.84 Å². The molecule has 13 heavy (non-hydrogen) atoms. The Hall–Kier alpha value is -1.34. The van der Waals surface area contributed by atoms with Crippen LogP contribution in [0.2, 0.25) is 0 Å². The molecule has 1 aliphatic heterocycles. The average Bonchev–Trinajstić information content (AvgIpc) is 2.43. The molecule has 2 rings (SSSR count). The van der Waals surface area contributed by atoms with Crippen LogP contribution in [0.15, 0.2) is 23.1 Å². The highest BCUT2D eigenvalue weighted by Crippen LogP contribution is 2.27. The molecule has 1 aliphatic rings. The van der Waals surface area contributed by atoms with E-state index in [2.05, 4.69) is 0 Å². The molecule has 0 bridgehead atoms. The summed E-state index contributed by atoms with van der Waals surface area (Å²) in [5, 5.41) is 8.73. The number of nitriles is 1. The molecule has 1 aromatic rings. The molecule has 0 radical (unpaired) electrons. The minimum Gasteiger partial charge on any atom is -0.224 e. The predicted molar refractivity (Wildman–Crippen MR) is 46.9 cm³/mol. The summed E-state index contributed by atoms with van der Waals surface area (Å²) in [6.07, 6.45) is 0.474. The fourth-order valence-electron chi connectivity index (χ4n) is 1.57. The van der Waals surface area contributed by atoms with Crippen molar-refractivity contribution in [3.05, 3.63) is 29.3 Å². The molecule has 66 valence electrons. The van der Waals surface area contributed by atoms with Gasteiger partial charge in [-0.15, -0.1) is 0 Å². The van der Waals surface area contributed by atoms with Crippen molar-refractivity contribution in [3.8, 4) is 6.07 Å². The fraction of sp³-hybridized carbons (Fsp3) is 0.222. The zero-order valence-corrected chi connectivity index (χ0v) is 7.63. The van der Waals surface area contributed by atoms with E-state index in [0.29, 0.717) is 22.4 Å². The number of nitrogens with zero attached hydrogens (tertiary/aromatic N) is 1. The number of hydrogen-bond donors (Lipinski definition) is 0. The van der Waals surface area contributed by atoms with E-state index in [-0.39, 0.29) is 5.75 Å². The van der Waals surface area contributed by atoms with Crippen LogP contribution in [0, 0.1) is 11.3 Å². The zero-order chi connectivity index (χ0) is 9.47. The third kappa shape index (κ3) is 1.12. The largest absolute Gasteiger partial charge is 0.224 e. The first-order chi connectivity index (χ1) is 6.15. The third-order valence-corrected chi connectivity index (χ3v) is 4.00. The Morgan fingerprint density at radius 1 is 1.38 bits per heavy atom. The standard InChI is InChI=1S/C9H7NO2S/c10-6-7-2-1-3-9-8(7)4-5-13(9,11)12/h1-3H,4-5H2. The van der Waals surface area contributed by atoms with Crippen LogP contribution < -0.4 is 0 Å². The second-order valence-electron chi connectivity index (χ2n) is 2.96. The van der Waals surface area contributed by atoms with Crippen LogP contribution in [0.1, 0.15) is 11.1 Å². The molecule has 0 aromatic heterocycles. The first kappa shape index (κ1) is 8.27. The van der Waals surface area contributed by atoms with Crippen molar-refractivity contribution in [2.24, 2.45) is 0 Å². The molecule has 0 saturated heterocycles. The van der Waals surface area contributed by atoms with Gasteiger partial charge in [0, 0.05) is 0 Å². The number of fused-ring (bicyclic) bond motifs is 1. The number of hydrogen-bond acceptors (Lipinski definition) is 3. The summed E-state index contributed by atoms with van der Waals surface area (Å²) in [6.45, 7) is 0. The van der Waals surface area contributed by atoms with Crippen LogP contribution in [0.5, 0.6) is 0 Å². The van der Waals surface area contributed by atoms with Gasteiger partial charge in [0.25, 0.3) is 0 Å². The lowest BCUT2D eigenvalue weighted by Crippen LogP contribution is -1.98. The van der Waals surface area contributed by atoms with E-state index >= 15 is 0 Å². The van der Waals surface area contributed by atoms with E-state index in [1.54, 1.807) is 18.2 Å². The second-order valence-corrected chi connectivity index (χ2v) is 5.04. The molecule has 0 fully saturated rings. The van der Waals surface area contributed by atoms with Crippen molar-refractivity contribution in [2.45, 2.75) is 11.3 Å². The summed E-state index contributed by atoms with van der Waals surface area (Å²) in [5.74, 6) is 0.140. The van der Waals surface area contributed by atoms with Gasteiger partial charge in [0.05, 0.1) is 22.3 Å². The lowest BCUT2D eigenvalue weighted by Gasteiger charge is -1.98. The van der Waals surface area contributed by atoms with E-state index in [0.717, 1.165) is 0 Å². The van der Waals surface area contributed by atoms with Crippen LogP contribution in [0.25, 0.3) is 0 Å². The Kier molecular flexibility index (Phi) is 1.64. The van der Waals surface area contributed by atoms with Gasteiger partial charge in [-0.25, -0.2) is 8.42 Å². The Bertz CT molecular complexity index is 497. The molecule has 0 atom stereocenters. The van der Waals surface area contributed by atoms with Gasteiger partial charge in [-0.3, -0.25) is 0 Å². The molecule has 3 nitrogen and oxygen atoms in total. The van der Waals surface area contributed by atoms with E-state index < -0.39 is 9.84 Å². The minimum absolute atomic E-state index is 0.140. The van der Waals surface area contributed by atoms with Crippen molar-refractivity contribution in [2.75, 3.05) is 5.75 Å². The summed E-state index contributed by atoms with van der Waals surface area (Å²) in [4.78, 5) is 0.339. The van der Waals surface area contributed by atoms with Gasteiger partial charge in [0.1, 0.15) is 0 Å². The van der Waals surface area contributed by atoms with Gasteiger partial charge in [0.15, 0.2) is 9.84 Å². The SMILES string of the molecule is N#Cc1cccc2c1CCS2(=O)=O. The topological polar surface area (TPSA) is 57.9 Å². The number of sulfone groups is 1. The van der Waals surface area contributed by atoms with Crippen LogP contribution >= 0.6 is 0 Å². The van der Waals surface area contributed by atoms with E-state index in [1.807, 2.05) is 6.07 Å². The molecule has 0 spiro atoms. The highest BCUT2D eigenvalue weighted by Gasteiger charge is 2.27. The Morgan fingerprint density at radius 2 is 2.15 bits per heavy atom. The number of rotatable bonds is 0. The molecule has 1 aromatic carbocycles. The summed E-state index contributed by atoms with van der Waals surface area (Å²) in [7, 11) is -3.09. The van der Waals surface area contributed by atoms with Gasteiger partial charge >= 0.3 is 0 Å². The summed E-state index contributed by atoms with van der Waals surface area (Å²) >= 11 is 0. The molecule has 0 N–H and O–H groups in total. The monoisotopic (exact) mass is 193 g/mol.